The molecule has 2 nitrogen and oxygen atoms in total. The first kappa shape index (κ1) is 8.57. The molecule has 1 atom stereocenters. The zero-order chi connectivity index (χ0) is 9.26. The van der Waals surface area contributed by atoms with Gasteiger partial charge in [0.15, 0.2) is 0 Å². The van der Waals surface area contributed by atoms with Crippen molar-refractivity contribution in [3.05, 3.63) is 29.8 Å². The lowest BCUT2D eigenvalue weighted by Gasteiger charge is -2.08. The zero-order valence-electron chi connectivity index (χ0n) is 8.25. The first-order valence-corrected chi connectivity index (χ1v) is 4.80. The molecule has 0 aliphatic carbocycles. The van der Waals surface area contributed by atoms with Crippen molar-refractivity contribution in [2.75, 3.05) is 25.0 Å². The molecule has 1 aliphatic rings. The molecular weight excluding hydrogens is 160 g/mol. The van der Waals surface area contributed by atoms with E-state index >= 15 is 0 Å². The van der Waals surface area contributed by atoms with Crippen LogP contribution < -0.4 is 10.2 Å². The molecule has 1 aromatic rings. The Bertz CT molecular complexity index is 296. The second kappa shape index (κ2) is 3.38. The van der Waals surface area contributed by atoms with E-state index in [-0.39, 0.29) is 0 Å². The van der Waals surface area contributed by atoms with Crippen molar-refractivity contribution < 1.29 is 0 Å². The molecule has 1 aromatic carbocycles. The van der Waals surface area contributed by atoms with Gasteiger partial charge in [0.25, 0.3) is 0 Å². The lowest BCUT2D eigenvalue weighted by Crippen LogP contribution is -2.17. The van der Waals surface area contributed by atoms with Crippen LogP contribution in [0.1, 0.15) is 5.56 Å². The number of likely N-dealkylation sites (N-methyl/N-ethyl adjacent to an activating group) is 1. The highest BCUT2D eigenvalue weighted by Gasteiger charge is 2.33. The minimum Gasteiger partial charge on any atom is -0.363 e. The smallest absolute Gasteiger partial charge is 0.0590 e. The maximum atomic E-state index is 3.21. The van der Waals surface area contributed by atoms with Gasteiger partial charge < -0.3 is 10.2 Å². The van der Waals surface area contributed by atoms with E-state index in [9.17, 15) is 0 Å². The molecule has 1 unspecified atom stereocenters. The third-order valence-electron chi connectivity index (χ3n) is 2.58. The summed E-state index contributed by atoms with van der Waals surface area (Å²) in [5, 5.41) is 3.21. The molecule has 0 radical (unpaired) electrons. The van der Waals surface area contributed by atoms with E-state index in [0.717, 1.165) is 6.54 Å². The second-order valence-electron chi connectivity index (χ2n) is 3.65. The Morgan fingerprint density at radius 1 is 1.46 bits per heavy atom. The van der Waals surface area contributed by atoms with E-state index in [1.807, 2.05) is 7.05 Å². The van der Waals surface area contributed by atoms with Crippen molar-refractivity contribution in [3.63, 3.8) is 0 Å². The lowest BCUT2D eigenvalue weighted by atomic mass is 10.2. The Balaban J connectivity index is 2.07. The number of aryl methyl sites for hydroxylation is 1. The number of anilines is 1. The normalized spacial score (nSPS) is 20.5. The van der Waals surface area contributed by atoms with Crippen molar-refractivity contribution in [1.29, 1.82) is 0 Å². The summed E-state index contributed by atoms with van der Waals surface area (Å²) in [6, 6.07) is 9.28. The van der Waals surface area contributed by atoms with Crippen LogP contribution in [0.15, 0.2) is 24.3 Å². The first-order valence-electron chi connectivity index (χ1n) is 4.80. The number of benzene rings is 1. The van der Waals surface area contributed by atoms with Crippen LogP contribution in [0, 0.1) is 6.92 Å². The Labute approximate surface area is 79.6 Å². The van der Waals surface area contributed by atoms with Gasteiger partial charge in [-0.1, -0.05) is 18.2 Å². The highest BCUT2D eigenvalue weighted by Crippen LogP contribution is 2.29. The quantitative estimate of drug-likeness (QED) is 0.700. The summed E-state index contributed by atoms with van der Waals surface area (Å²) in [5.74, 6) is 0. The van der Waals surface area contributed by atoms with Gasteiger partial charge in [-0.3, -0.25) is 0 Å². The minimum absolute atomic E-state index is 0.714. The highest BCUT2D eigenvalue weighted by atomic mass is 15.3. The molecule has 1 N–H and O–H groups in total. The topological polar surface area (TPSA) is 15.0 Å². The number of rotatable bonds is 3. The van der Waals surface area contributed by atoms with Gasteiger partial charge in [0, 0.05) is 18.8 Å². The molecule has 1 saturated heterocycles. The fourth-order valence-corrected chi connectivity index (χ4v) is 1.77. The molecule has 2 heteroatoms. The summed E-state index contributed by atoms with van der Waals surface area (Å²) in [5.41, 5.74) is 2.77. The van der Waals surface area contributed by atoms with Gasteiger partial charge in [-0.15, -0.1) is 0 Å². The minimum atomic E-state index is 0.714. The standard InChI is InChI=1S/C11H16N2/c1-9-5-3-4-6-11(9)13-8-10(13)7-12-2/h3-6,10,12H,7-8H2,1-2H3. The van der Waals surface area contributed by atoms with Crippen LogP contribution >= 0.6 is 0 Å². The van der Waals surface area contributed by atoms with Crippen LogP contribution in [0.4, 0.5) is 5.69 Å². The third kappa shape index (κ3) is 1.68. The largest absolute Gasteiger partial charge is 0.363 e. The molecule has 2 rings (SSSR count). The van der Waals surface area contributed by atoms with Crippen LogP contribution in [0.3, 0.4) is 0 Å². The monoisotopic (exact) mass is 176 g/mol. The highest BCUT2D eigenvalue weighted by molar-refractivity contribution is 5.59. The number of hydrogen-bond donors (Lipinski definition) is 1. The van der Waals surface area contributed by atoms with Crippen molar-refractivity contribution in [1.82, 2.24) is 5.32 Å². The first-order chi connectivity index (χ1) is 6.33. The summed E-state index contributed by atoms with van der Waals surface area (Å²) in [6.07, 6.45) is 0. The number of nitrogens with zero attached hydrogens (tertiary/aromatic N) is 1. The summed E-state index contributed by atoms with van der Waals surface area (Å²) in [7, 11) is 2.01. The van der Waals surface area contributed by atoms with Gasteiger partial charge in [-0.2, -0.15) is 0 Å². The van der Waals surface area contributed by atoms with Gasteiger partial charge in [-0.05, 0) is 25.6 Å². The predicted molar refractivity (Wildman–Crippen MR) is 56.2 cm³/mol. The van der Waals surface area contributed by atoms with Gasteiger partial charge in [0.2, 0.25) is 0 Å². The molecule has 13 heavy (non-hydrogen) atoms. The lowest BCUT2D eigenvalue weighted by molar-refractivity contribution is 0.790. The molecule has 1 heterocycles. The van der Waals surface area contributed by atoms with E-state index in [1.165, 1.54) is 17.8 Å². The third-order valence-corrected chi connectivity index (χ3v) is 2.58. The average molecular weight is 176 g/mol. The van der Waals surface area contributed by atoms with Crippen LogP contribution in [-0.4, -0.2) is 26.2 Å². The zero-order valence-corrected chi connectivity index (χ0v) is 8.25. The molecule has 1 aliphatic heterocycles. The Morgan fingerprint density at radius 2 is 2.23 bits per heavy atom. The van der Waals surface area contributed by atoms with Crippen LogP contribution in [0.2, 0.25) is 0 Å². The maximum Gasteiger partial charge on any atom is 0.0590 e. The molecule has 1 fully saturated rings. The van der Waals surface area contributed by atoms with Gasteiger partial charge in [0.1, 0.15) is 0 Å². The van der Waals surface area contributed by atoms with Crippen LogP contribution in [0.5, 0.6) is 0 Å². The van der Waals surface area contributed by atoms with Crippen molar-refractivity contribution in [2.45, 2.75) is 13.0 Å². The van der Waals surface area contributed by atoms with Gasteiger partial charge in [-0.25, -0.2) is 0 Å². The van der Waals surface area contributed by atoms with E-state index in [2.05, 4.69) is 41.4 Å². The van der Waals surface area contributed by atoms with E-state index in [1.54, 1.807) is 0 Å². The average Bonchev–Trinajstić information content (AvgIpc) is 2.86. The maximum absolute atomic E-state index is 3.21. The SMILES string of the molecule is CNCC1CN1c1ccccc1C. The summed E-state index contributed by atoms with van der Waals surface area (Å²) >= 11 is 0. The number of para-hydroxylation sites is 1. The molecular formula is C11H16N2. The van der Waals surface area contributed by atoms with Crippen LogP contribution in [0.25, 0.3) is 0 Å². The Kier molecular flexibility index (Phi) is 2.23. The number of hydrogen-bond acceptors (Lipinski definition) is 2. The van der Waals surface area contributed by atoms with E-state index in [4.69, 9.17) is 0 Å². The van der Waals surface area contributed by atoms with Crippen molar-refractivity contribution in [2.24, 2.45) is 0 Å². The van der Waals surface area contributed by atoms with Gasteiger partial charge >= 0.3 is 0 Å². The Hall–Kier alpha value is -1.02. The van der Waals surface area contributed by atoms with E-state index < -0.39 is 0 Å². The Morgan fingerprint density at radius 3 is 2.92 bits per heavy atom. The molecule has 0 aromatic heterocycles. The fraction of sp³-hybridized carbons (Fsp3) is 0.455. The fourth-order valence-electron chi connectivity index (χ4n) is 1.77. The molecule has 70 valence electrons. The van der Waals surface area contributed by atoms with Crippen molar-refractivity contribution in [3.8, 4) is 0 Å². The molecule has 0 saturated carbocycles. The predicted octanol–water partition coefficient (Wildman–Crippen LogP) is 1.40. The summed E-state index contributed by atoms with van der Waals surface area (Å²) in [6.45, 7) is 4.46. The van der Waals surface area contributed by atoms with Crippen LogP contribution in [-0.2, 0) is 0 Å². The second-order valence-corrected chi connectivity index (χ2v) is 3.65. The number of nitrogens with one attached hydrogen (secondary N) is 1. The molecule has 0 spiro atoms. The van der Waals surface area contributed by atoms with Crippen molar-refractivity contribution >= 4 is 5.69 Å². The van der Waals surface area contributed by atoms with E-state index in [0.29, 0.717) is 6.04 Å². The van der Waals surface area contributed by atoms with Gasteiger partial charge in [0.05, 0.1) is 6.04 Å². The summed E-state index contributed by atoms with van der Waals surface area (Å²) < 4.78 is 0. The molecule has 0 amide bonds. The molecule has 0 bridgehead atoms. The summed E-state index contributed by atoms with van der Waals surface area (Å²) in [4.78, 5) is 2.44.